The minimum Gasteiger partial charge on any atom is -0.432 e. The van der Waals surface area contributed by atoms with E-state index in [4.69, 9.17) is 10.2 Å². The fourth-order valence-corrected chi connectivity index (χ4v) is 1.42. The van der Waals surface area contributed by atoms with E-state index in [0.29, 0.717) is 9.58 Å². The van der Waals surface area contributed by atoms with E-state index < -0.39 is 0 Å². The number of para-hydroxylation sites is 1. The Morgan fingerprint density at radius 2 is 2.27 bits per heavy atom. The third kappa shape index (κ3) is 1.07. The van der Waals surface area contributed by atoms with Crippen LogP contribution in [0.1, 0.15) is 0 Å². The average Bonchev–Trinajstić information content (AvgIpc) is 2.31. The van der Waals surface area contributed by atoms with Crippen LogP contribution in [-0.2, 0) is 0 Å². The molecule has 0 amide bonds. The van der Waals surface area contributed by atoms with Gasteiger partial charge in [-0.15, -0.1) is 0 Å². The maximum Gasteiger partial charge on any atom is 0.258 e. The number of aromatic nitrogens is 1. The third-order valence-electron chi connectivity index (χ3n) is 1.42. The van der Waals surface area contributed by atoms with Crippen LogP contribution in [0.4, 0.5) is 5.69 Å². The summed E-state index contributed by atoms with van der Waals surface area (Å²) >= 11 is 2.02. The smallest absolute Gasteiger partial charge is 0.258 e. The van der Waals surface area contributed by atoms with Crippen LogP contribution >= 0.6 is 22.6 Å². The normalized spacial score (nSPS) is 10.6. The Labute approximate surface area is 76.7 Å². The van der Waals surface area contributed by atoms with E-state index in [9.17, 15) is 0 Å². The molecule has 3 nitrogen and oxygen atoms in total. The molecular weight excluding hydrogens is 255 g/mol. The number of halogens is 1. The molecule has 0 fully saturated rings. The molecule has 2 aromatic rings. The average molecular weight is 260 g/mol. The molecule has 2 rings (SSSR count). The lowest BCUT2D eigenvalue weighted by Crippen LogP contribution is -1.84. The van der Waals surface area contributed by atoms with Gasteiger partial charge in [0.2, 0.25) is 0 Å². The fourth-order valence-electron chi connectivity index (χ4n) is 0.943. The summed E-state index contributed by atoms with van der Waals surface area (Å²) in [5.41, 5.74) is 7.80. The highest BCUT2D eigenvalue weighted by molar-refractivity contribution is 14.1. The van der Waals surface area contributed by atoms with Gasteiger partial charge in [0, 0.05) is 22.6 Å². The Kier molecular flexibility index (Phi) is 1.49. The first kappa shape index (κ1) is 6.90. The van der Waals surface area contributed by atoms with Crippen LogP contribution < -0.4 is 5.73 Å². The van der Waals surface area contributed by atoms with Gasteiger partial charge in [0.1, 0.15) is 5.52 Å². The molecule has 0 radical (unpaired) electrons. The van der Waals surface area contributed by atoms with Crippen molar-refractivity contribution in [2.45, 2.75) is 0 Å². The SMILES string of the molecule is Nc1cccc2oc(I)nc12. The number of oxazole rings is 1. The zero-order valence-electron chi connectivity index (χ0n) is 5.54. The largest absolute Gasteiger partial charge is 0.432 e. The number of hydrogen-bond donors (Lipinski definition) is 1. The monoisotopic (exact) mass is 260 g/mol. The lowest BCUT2D eigenvalue weighted by atomic mass is 10.3. The van der Waals surface area contributed by atoms with Gasteiger partial charge in [0.05, 0.1) is 5.69 Å². The number of nitrogen functional groups attached to an aromatic ring is 1. The molecule has 2 N–H and O–H groups in total. The Hall–Kier alpha value is -0.780. The lowest BCUT2D eigenvalue weighted by Gasteiger charge is -1.89. The van der Waals surface area contributed by atoms with Crippen LogP contribution in [0.25, 0.3) is 11.1 Å². The van der Waals surface area contributed by atoms with Crippen molar-refractivity contribution in [3.8, 4) is 0 Å². The zero-order chi connectivity index (χ0) is 7.84. The molecule has 0 bridgehead atoms. The van der Waals surface area contributed by atoms with Crippen molar-refractivity contribution in [1.29, 1.82) is 0 Å². The molecule has 1 heterocycles. The van der Waals surface area contributed by atoms with E-state index in [-0.39, 0.29) is 0 Å². The summed E-state index contributed by atoms with van der Waals surface area (Å²) in [5.74, 6) is 0. The van der Waals surface area contributed by atoms with E-state index >= 15 is 0 Å². The van der Waals surface area contributed by atoms with E-state index in [0.717, 1.165) is 11.1 Å². The predicted octanol–water partition coefficient (Wildman–Crippen LogP) is 2.01. The highest BCUT2D eigenvalue weighted by Gasteiger charge is 2.03. The van der Waals surface area contributed by atoms with Gasteiger partial charge >= 0.3 is 0 Å². The van der Waals surface area contributed by atoms with Crippen molar-refractivity contribution in [1.82, 2.24) is 4.98 Å². The van der Waals surface area contributed by atoms with Crippen molar-refractivity contribution in [3.05, 3.63) is 22.1 Å². The van der Waals surface area contributed by atoms with Gasteiger partial charge in [0.25, 0.3) is 3.90 Å². The van der Waals surface area contributed by atoms with Crippen LogP contribution in [-0.4, -0.2) is 4.98 Å². The number of anilines is 1. The standard InChI is InChI=1S/C7H5IN2O/c8-7-10-6-4(9)2-1-3-5(6)11-7/h1-3H,9H2. The Bertz CT molecular complexity index is 396. The van der Waals surface area contributed by atoms with E-state index in [1.165, 1.54) is 0 Å². The number of fused-ring (bicyclic) bond motifs is 1. The zero-order valence-corrected chi connectivity index (χ0v) is 7.70. The van der Waals surface area contributed by atoms with Crippen LogP contribution in [0.2, 0.25) is 0 Å². The van der Waals surface area contributed by atoms with Gasteiger partial charge in [-0.1, -0.05) is 6.07 Å². The molecule has 0 unspecified atom stereocenters. The summed E-state index contributed by atoms with van der Waals surface area (Å²) in [7, 11) is 0. The fraction of sp³-hybridized carbons (Fsp3) is 0. The van der Waals surface area contributed by atoms with Gasteiger partial charge in [-0.3, -0.25) is 0 Å². The number of rotatable bonds is 0. The second kappa shape index (κ2) is 2.37. The summed E-state index contributed by atoms with van der Waals surface area (Å²) in [5, 5.41) is 0. The molecule has 1 aromatic heterocycles. The van der Waals surface area contributed by atoms with E-state index in [2.05, 4.69) is 4.98 Å². The molecule has 11 heavy (non-hydrogen) atoms. The highest BCUT2D eigenvalue weighted by Crippen LogP contribution is 2.21. The molecule has 0 aliphatic rings. The maximum absolute atomic E-state index is 5.64. The van der Waals surface area contributed by atoms with E-state index in [1.807, 2.05) is 34.7 Å². The first-order valence-electron chi connectivity index (χ1n) is 3.08. The van der Waals surface area contributed by atoms with Gasteiger partial charge in [-0.05, 0) is 12.1 Å². The summed E-state index contributed by atoms with van der Waals surface area (Å²) in [4.78, 5) is 4.11. The first-order chi connectivity index (χ1) is 5.27. The predicted molar refractivity (Wildman–Crippen MR) is 51.1 cm³/mol. The summed E-state index contributed by atoms with van der Waals surface area (Å²) in [6, 6.07) is 5.50. The van der Waals surface area contributed by atoms with Crippen LogP contribution in [0.3, 0.4) is 0 Å². The van der Waals surface area contributed by atoms with Gasteiger partial charge in [-0.25, -0.2) is 4.98 Å². The Morgan fingerprint density at radius 1 is 1.45 bits per heavy atom. The van der Waals surface area contributed by atoms with Crippen LogP contribution in [0.5, 0.6) is 0 Å². The summed E-state index contributed by atoms with van der Waals surface area (Å²) < 4.78 is 5.87. The van der Waals surface area contributed by atoms with Crippen molar-refractivity contribution < 1.29 is 4.42 Å². The molecule has 4 heteroatoms. The van der Waals surface area contributed by atoms with Crippen LogP contribution in [0, 0.1) is 3.90 Å². The van der Waals surface area contributed by atoms with Crippen molar-refractivity contribution >= 4 is 39.4 Å². The van der Waals surface area contributed by atoms with E-state index in [1.54, 1.807) is 6.07 Å². The second-order valence-corrected chi connectivity index (χ2v) is 3.08. The number of nitrogens with two attached hydrogens (primary N) is 1. The topological polar surface area (TPSA) is 52.0 Å². The molecule has 0 spiro atoms. The molecule has 0 aliphatic carbocycles. The number of hydrogen-bond acceptors (Lipinski definition) is 3. The van der Waals surface area contributed by atoms with Gasteiger partial charge in [-0.2, -0.15) is 0 Å². The minimum absolute atomic E-state index is 0.621. The summed E-state index contributed by atoms with van der Waals surface area (Å²) in [6.07, 6.45) is 0. The highest BCUT2D eigenvalue weighted by atomic mass is 127. The molecular formula is C7H5IN2O. The summed E-state index contributed by atoms with van der Waals surface area (Å²) in [6.45, 7) is 0. The third-order valence-corrected chi connectivity index (χ3v) is 1.89. The quantitative estimate of drug-likeness (QED) is 0.582. The number of nitrogens with zero attached hydrogens (tertiary/aromatic N) is 1. The molecule has 0 saturated carbocycles. The molecule has 1 aromatic carbocycles. The molecule has 56 valence electrons. The van der Waals surface area contributed by atoms with Crippen molar-refractivity contribution in [3.63, 3.8) is 0 Å². The Balaban J connectivity index is 2.90. The van der Waals surface area contributed by atoms with Gasteiger partial charge < -0.3 is 10.2 Å². The molecule has 0 saturated heterocycles. The van der Waals surface area contributed by atoms with Gasteiger partial charge in [0.15, 0.2) is 5.58 Å². The lowest BCUT2D eigenvalue weighted by molar-refractivity contribution is 0.566. The Morgan fingerprint density at radius 3 is 3.00 bits per heavy atom. The maximum atomic E-state index is 5.64. The number of benzene rings is 1. The van der Waals surface area contributed by atoms with Crippen LogP contribution in [0.15, 0.2) is 22.6 Å². The molecule has 0 atom stereocenters. The first-order valence-corrected chi connectivity index (χ1v) is 4.16. The minimum atomic E-state index is 0.621. The van der Waals surface area contributed by atoms with Crippen molar-refractivity contribution in [2.24, 2.45) is 0 Å². The van der Waals surface area contributed by atoms with Crippen molar-refractivity contribution in [2.75, 3.05) is 5.73 Å². The second-order valence-electron chi connectivity index (χ2n) is 2.16. The molecule has 0 aliphatic heterocycles.